The van der Waals surface area contributed by atoms with Gasteiger partial charge in [0.2, 0.25) is 0 Å². The highest BCUT2D eigenvalue weighted by Gasteiger charge is 2.47. The number of hydrogen-bond acceptors (Lipinski definition) is 2. The van der Waals surface area contributed by atoms with Crippen LogP contribution in [0.1, 0.15) is 18.4 Å². The lowest BCUT2D eigenvalue weighted by molar-refractivity contribution is 0.165. The van der Waals surface area contributed by atoms with Gasteiger partial charge in [-0.2, -0.15) is 0 Å². The molecule has 86 valence electrons. The van der Waals surface area contributed by atoms with Crippen molar-refractivity contribution in [2.24, 2.45) is 0 Å². The van der Waals surface area contributed by atoms with Crippen LogP contribution in [0.4, 0.5) is 4.79 Å². The monoisotopic (exact) mass is 259 g/mol. The highest BCUT2D eigenvalue weighted by molar-refractivity contribution is 6.35. The summed E-state index contributed by atoms with van der Waals surface area (Å²) in [5.74, 6) is 0. The Morgan fingerprint density at radius 2 is 2.12 bits per heavy atom. The molecule has 0 atom stereocenters. The van der Waals surface area contributed by atoms with Crippen LogP contribution in [0.25, 0.3) is 0 Å². The van der Waals surface area contributed by atoms with E-state index in [0.717, 1.165) is 18.4 Å². The van der Waals surface area contributed by atoms with E-state index < -0.39 is 6.09 Å². The second-order valence-corrected chi connectivity index (χ2v) is 4.67. The molecule has 0 aromatic heterocycles. The topological polar surface area (TPSA) is 38.3 Å². The molecule has 0 saturated heterocycles. The van der Waals surface area contributed by atoms with Gasteiger partial charge in [-0.3, -0.25) is 0 Å². The zero-order valence-corrected chi connectivity index (χ0v) is 10.2. The molecule has 0 radical (unpaired) electrons. The maximum Gasteiger partial charge on any atom is 0.407 e. The maximum atomic E-state index is 11.2. The predicted octanol–water partition coefficient (Wildman–Crippen LogP) is 3.34. The molecule has 1 amide bonds. The predicted molar refractivity (Wildman–Crippen MR) is 62.9 cm³/mol. The van der Waals surface area contributed by atoms with Gasteiger partial charge in [0.25, 0.3) is 0 Å². The van der Waals surface area contributed by atoms with Gasteiger partial charge in [-0.15, -0.1) is 0 Å². The van der Waals surface area contributed by atoms with Crippen molar-refractivity contribution in [2.75, 3.05) is 7.11 Å². The molecule has 1 aliphatic rings. The van der Waals surface area contributed by atoms with Crippen LogP contribution in [0.2, 0.25) is 10.0 Å². The second kappa shape index (κ2) is 4.15. The Balaban J connectivity index is 2.26. The van der Waals surface area contributed by atoms with E-state index in [1.165, 1.54) is 7.11 Å². The molecule has 16 heavy (non-hydrogen) atoms. The molecule has 1 saturated carbocycles. The summed E-state index contributed by atoms with van der Waals surface area (Å²) in [7, 11) is 1.34. The Bertz CT molecular complexity index is 430. The summed E-state index contributed by atoms with van der Waals surface area (Å²) in [6, 6.07) is 5.28. The van der Waals surface area contributed by atoms with Crippen LogP contribution in [-0.4, -0.2) is 13.2 Å². The van der Waals surface area contributed by atoms with Gasteiger partial charge in [-0.25, -0.2) is 4.79 Å². The number of benzene rings is 1. The Morgan fingerprint density at radius 1 is 1.44 bits per heavy atom. The average Bonchev–Trinajstić information content (AvgIpc) is 2.98. The molecule has 1 aliphatic carbocycles. The van der Waals surface area contributed by atoms with Gasteiger partial charge in [0.1, 0.15) is 0 Å². The van der Waals surface area contributed by atoms with Crippen molar-refractivity contribution in [1.29, 1.82) is 0 Å². The average molecular weight is 260 g/mol. The molecule has 0 unspecified atom stereocenters. The molecular formula is C11H11Cl2NO2. The second-order valence-electron chi connectivity index (χ2n) is 3.82. The summed E-state index contributed by atoms with van der Waals surface area (Å²) in [4.78, 5) is 11.2. The Labute approximate surface area is 104 Å². The van der Waals surface area contributed by atoms with E-state index in [1.54, 1.807) is 12.1 Å². The van der Waals surface area contributed by atoms with Gasteiger partial charge >= 0.3 is 6.09 Å². The normalized spacial score (nSPS) is 16.7. The highest BCUT2D eigenvalue weighted by atomic mass is 35.5. The lowest BCUT2D eigenvalue weighted by atomic mass is 10.1. The summed E-state index contributed by atoms with van der Waals surface area (Å²) in [6.07, 6.45) is 1.29. The van der Waals surface area contributed by atoms with Crippen LogP contribution >= 0.6 is 23.2 Å². The van der Waals surface area contributed by atoms with Gasteiger partial charge in [-0.05, 0) is 30.5 Å². The molecule has 5 heteroatoms. The summed E-state index contributed by atoms with van der Waals surface area (Å²) in [5.41, 5.74) is 0.526. The summed E-state index contributed by atoms with van der Waals surface area (Å²) in [5, 5.41) is 3.96. The third kappa shape index (κ3) is 2.11. The highest BCUT2D eigenvalue weighted by Crippen LogP contribution is 2.48. The number of nitrogens with one attached hydrogen (secondary N) is 1. The minimum absolute atomic E-state index is 0.366. The first-order chi connectivity index (χ1) is 7.57. The zero-order valence-electron chi connectivity index (χ0n) is 8.72. The fourth-order valence-electron chi connectivity index (χ4n) is 1.71. The number of carbonyl (C=O) groups is 1. The molecule has 0 bridgehead atoms. The largest absolute Gasteiger partial charge is 0.453 e. The van der Waals surface area contributed by atoms with E-state index in [9.17, 15) is 4.79 Å². The number of hydrogen-bond donors (Lipinski definition) is 1. The Hall–Kier alpha value is -0.930. The summed E-state index contributed by atoms with van der Waals surface area (Å²) >= 11 is 11.9. The van der Waals surface area contributed by atoms with Gasteiger partial charge in [-0.1, -0.05) is 29.3 Å². The Kier molecular flexibility index (Phi) is 3.00. The van der Waals surface area contributed by atoms with Crippen LogP contribution in [0.3, 0.4) is 0 Å². The number of halogens is 2. The molecule has 1 N–H and O–H groups in total. The van der Waals surface area contributed by atoms with E-state index in [1.807, 2.05) is 6.07 Å². The van der Waals surface area contributed by atoms with Gasteiger partial charge in [0.15, 0.2) is 0 Å². The first-order valence-electron chi connectivity index (χ1n) is 4.89. The Morgan fingerprint density at radius 3 is 2.62 bits per heavy atom. The number of rotatable bonds is 2. The fraction of sp³-hybridized carbons (Fsp3) is 0.364. The number of carbonyl (C=O) groups excluding carboxylic acids is 1. The molecule has 1 fully saturated rings. The van der Waals surface area contributed by atoms with Crippen molar-refractivity contribution < 1.29 is 9.53 Å². The van der Waals surface area contributed by atoms with Gasteiger partial charge < -0.3 is 10.1 Å². The van der Waals surface area contributed by atoms with Gasteiger partial charge in [0, 0.05) is 10.0 Å². The van der Waals surface area contributed by atoms with Crippen LogP contribution in [0.15, 0.2) is 18.2 Å². The van der Waals surface area contributed by atoms with Gasteiger partial charge in [0.05, 0.1) is 12.6 Å². The van der Waals surface area contributed by atoms with E-state index in [-0.39, 0.29) is 5.54 Å². The molecular weight excluding hydrogens is 249 g/mol. The SMILES string of the molecule is COC(=O)NC1(c2ccc(Cl)cc2Cl)CC1. The maximum absolute atomic E-state index is 11.2. The molecule has 0 heterocycles. The lowest BCUT2D eigenvalue weighted by Crippen LogP contribution is -2.34. The molecule has 3 nitrogen and oxygen atoms in total. The standard InChI is InChI=1S/C11H11Cl2NO2/c1-16-10(15)14-11(4-5-11)8-3-2-7(12)6-9(8)13/h2-3,6H,4-5H2,1H3,(H,14,15). The van der Waals surface area contributed by atoms with Crippen LogP contribution in [0.5, 0.6) is 0 Å². The van der Waals surface area contributed by atoms with Crippen molar-refractivity contribution in [1.82, 2.24) is 5.32 Å². The summed E-state index contributed by atoms with van der Waals surface area (Å²) < 4.78 is 4.59. The van der Waals surface area contributed by atoms with E-state index in [2.05, 4.69) is 10.1 Å². The van der Waals surface area contributed by atoms with E-state index in [4.69, 9.17) is 23.2 Å². The summed E-state index contributed by atoms with van der Waals surface area (Å²) in [6.45, 7) is 0. The molecule has 1 aromatic carbocycles. The number of alkyl carbamates (subject to hydrolysis) is 1. The molecule has 0 spiro atoms. The van der Waals surface area contributed by atoms with Crippen molar-refractivity contribution in [3.8, 4) is 0 Å². The van der Waals surface area contributed by atoms with E-state index >= 15 is 0 Å². The van der Waals surface area contributed by atoms with Crippen molar-refractivity contribution in [3.63, 3.8) is 0 Å². The number of amides is 1. The van der Waals surface area contributed by atoms with Crippen LogP contribution in [0, 0.1) is 0 Å². The van der Waals surface area contributed by atoms with Crippen molar-refractivity contribution >= 4 is 29.3 Å². The third-order valence-electron chi connectivity index (χ3n) is 2.72. The molecule has 0 aliphatic heterocycles. The molecule has 1 aromatic rings. The minimum Gasteiger partial charge on any atom is -0.453 e. The van der Waals surface area contributed by atoms with E-state index in [0.29, 0.717) is 10.0 Å². The first-order valence-corrected chi connectivity index (χ1v) is 5.65. The number of ether oxygens (including phenoxy) is 1. The quantitative estimate of drug-likeness (QED) is 0.885. The van der Waals surface area contributed by atoms with Crippen LogP contribution < -0.4 is 5.32 Å². The number of methoxy groups -OCH3 is 1. The third-order valence-corrected chi connectivity index (χ3v) is 3.27. The van der Waals surface area contributed by atoms with Crippen molar-refractivity contribution in [2.45, 2.75) is 18.4 Å². The zero-order chi connectivity index (χ0) is 11.8. The molecule has 2 rings (SSSR count). The fourth-order valence-corrected chi connectivity index (χ4v) is 2.30. The lowest BCUT2D eigenvalue weighted by Gasteiger charge is -2.18. The first kappa shape index (κ1) is 11.6. The smallest absolute Gasteiger partial charge is 0.407 e. The minimum atomic E-state index is -0.441. The van der Waals surface area contributed by atoms with Crippen LogP contribution in [-0.2, 0) is 10.3 Å². The van der Waals surface area contributed by atoms with Crippen molar-refractivity contribution in [3.05, 3.63) is 33.8 Å².